The number of phenols is 1. The van der Waals surface area contributed by atoms with Crippen LogP contribution in [-0.2, 0) is 20.7 Å². The van der Waals surface area contributed by atoms with E-state index in [4.69, 9.17) is 9.47 Å². The molecule has 3 rings (SSSR count). The molecule has 7 nitrogen and oxygen atoms in total. The molecule has 1 unspecified atom stereocenters. The number of benzene rings is 1. The van der Waals surface area contributed by atoms with Crippen molar-refractivity contribution in [1.82, 2.24) is 0 Å². The quantitative estimate of drug-likeness (QED) is 0.214. The molecular formula is C36H58O7. The van der Waals surface area contributed by atoms with Gasteiger partial charge in [-0.05, 0) is 101 Å². The van der Waals surface area contributed by atoms with Gasteiger partial charge in [-0.25, -0.2) is 4.79 Å². The Morgan fingerprint density at radius 2 is 1.74 bits per heavy atom. The van der Waals surface area contributed by atoms with Crippen molar-refractivity contribution < 1.29 is 34.4 Å². The molecule has 2 heterocycles. The zero-order chi connectivity index (χ0) is 32.5. The number of carboxylic acid groups (broad SMARTS) is 1. The molecule has 0 radical (unpaired) electrons. The zero-order valence-electron chi connectivity index (χ0n) is 28.3. The van der Waals surface area contributed by atoms with Crippen LogP contribution in [0.3, 0.4) is 0 Å². The largest absolute Gasteiger partial charge is 0.507 e. The molecule has 0 saturated carbocycles. The summed E-state index contributed by atoms with van der Waals surface area (Å²) in [6, 6.07) is 3.43. The molecule has 7 heteroatoms. The Morgan fingerprint density at radius 3 is 2.28 bits per heavy atom. The van der Waals surface area contributed by atoms with Gasteiger partial charge >= 0.3 is 5.97 Å². The van der Waals surface area contributed by atoms with Gasteiger partial charge < -0.3 is 24.8 Å². The molecule has 244 valence electrons. The maximum Gasteiger partial charge on any atom is 0.339 e. The number of aliphatic hydroxyl groups is 1. The molecule has 0 amide bonds. The second kappa shape index (κ2) is 13.6. The van der Waals surface area contributed by atoms with E-state index in [0.29, 0.717) is 30.4 Å². The van der Waals surface area contributed by atoms with E-state index in [1.807, 2.05) is 13.8 Å². The summed E-state index contributed by atoms with van der Waals surface area (Å²) in [4.78, 5) is 25.9. The normalized spacial score (nSPS) is 34.0. The van der Waals surface area contributed by atoms with Crippen LogP contribution >= 0.6 is 0 Å². The number of carbonyl (C=O) groups is 2. The second-order valence-corrected chi connectivity index (χ2v) is 14.4. The van der Waals surface area contributed by atoms with Gasteiger partial charge in [-0.1, -0.05) is 60.6 Å². The minimum Gasteiger partial charge on any atom is -0.507 e. The summed E-state index contributed by atoms with van der Waals surface area (Å²) in [5.41, 5.74) is -0.0122. The van der Waals surface area contributed by atoms with Crippen molar-refractivity contribution in [2.24, 2.45) is 29.1 Å². The van der Waals surface area contributed by atoms with E-state index in [1.54, 1.807) is 26.0 Å². The first kappa shape index (κ1) is 35.5. The molecule has 43 heavy (non-hydrogen) atoms. The Kier molecular flexibility index (Phi) is 11.2. The summed E-state index contributed by atoms with van der Waals surface area (Å²) in [6.45, 7) is 20.6. The number of ether oxygens (including phenoxy) is 2. The first-order valence-corrected chi connectivity index (χ1v) is 16.6. The van der Waals surface area contributed by atoms with Gasteiger partial charge in [-0.2, -0.15) is 0 Å². The summed E-state index contributed by atoms with van der Waals surface area (Å²) in [7, 11) is 0. The van der Waals surface area contributed by atoms with E-state index < -0.39 is 29.2 Å². The number of Topliss-reactive ketones (excluding diaryl/α,β-unsaturated/α-hetero) is 1. The number of hydrogen-bond donors (Lipinski definition) is 3. The molecule has 1 aromatic carbocycles. The number of carbonyl (C=O) groups excluding carboxylic acids is 1. The Morgan fingerprint density at radius 1 is 1.09 bits per heavy atom. The van der Waals surface area contributed by atoms with Crippen LogP contribution in [0.5, 0.6) is 5.75 Å². The molecule has 10 atom stereocenters. The minimum absolute atomic E-state index is 0.0102. The third kappa shape index (κ3) is 6.69. The lowest BCUT2D eigenvalue weighted by molar-refractivity contribution is -0.227. The van der Waals surface area contributed by atoms with Crippen LogP contribution in [0, 0.1) is 36.0 Å². The van der Waals surface area contributed by atoms with Crippen LogP contribution in [0.2, 0.25) is 0 Å². The number of carboxylic acids is 1. The van der Waals surface area contributed by atoms with Gasteiger partial charge in [0, 0.05) is 11.8 Å². The van der Waals surface area contributed by atoms with Crippen LogP contribution in [-0.4, -0.2) is 56.6 Å². The van der Waals surface area contributed by atoms with E-state index in [2.05, 4.69) is 41.5 Å². The van der Waals surface area contributed by atoms with Crippen LogP contribution in [0.25, 0.3) is 0 Å². The molecule has 0 aliphatic carbocycles. The van der Waals surface area contributed by atoms with E-state index >= 15 is 0 Å². The topological polar surface area (TPSA) is 113 Å². The van der Waals surface area contributed by atoms with Crippen LogP contribution in [0.15, 0.2) is 12.1 Å². The fourth-order valence-electron chi connectivity index (χ4n) is 7.96. The molecule has 2 aliphatic heterocycles. The third-order valence-electron chi connectivity index (χ3n) is 11.9. The monoisotopic (exact) mass is 602 g/mol. The summed E-state index contributed by atoms with van der Waals surface area (Å²) in [6.07, 6.45) is 5.50. The Bertz CT molecular complexity index is 1150. The van der Waals surface area contributed by atoms with Crippen molar-refractivity contribution in [2.75, 3.05) is 0 Å². The van der Waals surface area contributed by atoms with E-state index in [0.717, 1.165) is 32.1 Å². The molecule has 0 bridgehead atoms. The maximum absolute atomic E-state index is 14.1. The van der Waals surface area contributed by atoms with Crippen LogP contribution in [0.4, 0.5) is 0 Å². The summed E-state index contributed by atoms with van der Waals surface area (Å²) < 4.78 is 13.8. The number of aromatic carboxylic acids is 1. The van der Waals surface area contributed by atoms with Crippen molar-refractivity contribution in [3.63, 3.8) is 0 Å². The highest BCUT2D eigenvalue weighted by atomic mass is 16.6. The lowest BCUT2D eigenvalue weighted by Crippen LogP contribution is -2.54. The average molecular weight is 603 g/mol. The first-order valence-electron chi connectivity index (χ1n) is 16.6. The second-order valence-electron chi connectivity index (χ2n) is 14.4. The Hall–Kier alpha value is -1.96. The maximum atomic E-state index is 14.1. The predicted molar refractivity (Wildman–Crippen MR) is 170 cm³/mol. The van der Waals surface area contributed by atoms with Crippen molar-refractivity contribution in [3.8, 4) is 5.75 Å². The number of ketones is 1. The Balaban J connectivity index is 1.75. The summed E-state index contributed by atoms with van der Waals surface area (Å²) in [5, 5.41) is 31.3. The fraction of sp³-hybridized carbons (Fsp3) is 0.778. The molecule has 2 aliphatic rings. The van der Waals surface area contributed by atoms with Crippen LogP contribution < -0.4 is 0 Å². The van der Waals surface area contributed by atoms with Crippen molar-refractivity contribution in [1.29, 1.82) is 0 Å². The molecule has 1 aromatic rings. The van der Waals surface area contributed by atoms with Crippen LogP contribution in [0.1, 0.15) is 129 Å². The molecule has 3 N–H and O–H groups in total. The van der Waals surface area contributed by atoms with Gasteiger partial charge in [0.2, 0.25) is 0 Å². The van der Waals surface area contributed by atoms with Gasteiger partial charge in [0.15, 0.2) is 0 Å². The fourth-order valence-corrected chi connectivity index (χ4v) is 7.96. The molecule has 2 saturated heterocycles. The summed E-state index contributed by atoms with van der Waals surface area (Å²) in [5.74, 6) is -2.47. The van der Waals surface area contributed by atoms with Gasteiger partial charge in [0.05, 0.1) is 29.5 Å². The first-order chi connectivity index (χ1) is 20.0. The highest BCUT2D eigenvalue weighted by molar-refractivity contribution is 5.93. The molecule has 0 spiro atoms. The number of hydrogen-bond acceptors (Lipinski definition) is 6. The SMILES string of the molecule is CC[C@@H](C(=O)[C@@H](C)[C@@H](O)[C@H](C)CCc1ccc(C)c(O)c1C(=O)O)[C@@]1(C)O[C@](CC)([C@@H]2CCC(C)(CC)[C@@H](C)O2)C[C@@H]1C. The lowest BCUT2D eigenvalue weighted by atomic mass is 9.70. The molecular weight excluding hydrogens is 544 g/mol. The van der Waals surface area contributed by atoms with Gasteiger partial charge in [0.1, 0.15) is 17.1 Å². The van der Waals surface area contributed by atoms with Gasteiger partial charge in [-0.3, -0.25) is 4.79 Å². The average Bonchev–Trinajstić information content (AvgIpc) is 3.24. The van der Waals surface area contributed by atoms with Gasteiger partial charge in [-0.15, -0.1) is 0 Å². The van der Waals surface area contributed by atoms with E-state index in [1.165, 1.54) is 0 Å². The van der Waals surface area contributed by atoms with Crippen molar-refractivity contribution >= 4 is 11.8 Å². The smallest absolute Gasteiger partial charge is 0.339 e. The number of rotatable bonds is 13. The number of aromatic hydroxyl groups is 1. The Labute approximate surface area is 259 Å². The lowest BCUT2D eigenvalue weighted by Gasteiger charge is -2.49. The minimum atomic E-state index is -1.17. The highest BCUT2D eigenvalue weighted by Gasteiger charge is 2.60. The standard InChI is InChI=1S/C36H58O7/c1-11-27(35(10)23(6)20-36(13-3,43-35)28-18-19-34(9,12-2)25(8)42-28)32(39)24(7)30(37)21(4)14-16-26-17-15-22(5)31(38)29(26)33(40)41/h15,17,21,23-25,27-28,30,37-38H,11-14,16,18-20H2,1-10H3,(H,40,41)/t21-,23+,24+,25-,27+,28+,30+,34?,35+,36+/m1/s1. The summed E-state index contributed by atoms with van der Waals surface area (Å²) >= 11 is 0. The van der Waals surface area contributed by atoms with Crippen molar-refractivity contribution in [2.45, 2.75) is 150 Å². The highest BCUT2D eigenvalue weighted by Crippen LogP contribution is 2.54. The van der Waals surface area contributed by atoms with E-state index in [-0.39, 0.29) is 52.5 Å². The van der Waals surface area contributed by atoms with Crippen molar-refractivity contribution in [3.05, 3.63) is 28.8 Å². The predicted octanol–water partition coefficient (Wildman–Crippen LogP) is 7.51. The zero-order valence-corrected chi connectivity index (χ0v) is 28.3. The molecule has 2 fully saturated rings. The number of aryl methyl sites for hydroxylation is 2. The van der Waals surface area contributed by atoms with Gasteiger partial charge in [0.25, 0.3) is 0 Å². The third-order valence-corrected chi connectivity index (χ3v) is 11.9. The van der Waals surface area contributed by atoms with E-state index in [9.17, 15) is 24.9 Å². The number of aliphatic hydroxyl groups excluding tert-OH is 1. The molecule has 0 aromatic heterocycles.